The molecule has 0 bridgehead atoms. The molecule has 1 atom stereocenters. The Hall–Kier alpha value is -1.06. The highest BCUT2D eigenvalue weighted by Crippen LogP contribution is 2.43. The summed E-state index contributed by atoms with van der Waals surface area (Å²) >= 11 is 0. The lowest BCUT2D eigenvalue weighted by Crippen LogP contribution is -2.43. The van der Waals surface area contributed by atoms with Gasteiger partial charge in [0.25, 0.3) is 0 Å². The molecule has 3 nitrogen and oxygen atoms in total. The zero-order chi connectivity index (χ0) is 15.5. The second kappa shape index (κ2) is 6.80. The lowest BCUT2D eigenvalue weighted by atomic mass is 9.74. The molecular formula is C18H29NO2. The molecule has 0 aromatic heterocycles. The summed E-state index contributed by atoms with van der Waals surface area (Å²) in [6.07, 6.45) is 4.62. The van der Waals surface area contributed by atoms with Gasteiger partial charge in [-0.15, -0.1) is 0 Å². The van der Waals surface area contributed by atoms with E-state index < -0.39 is 0 Å². The fourth-order valence-electron chi connectivity index (χ4n) is 3.33. The third kappa shape index (κ3) is 3.24. The molecule has 1 aliphatic rings. The van der Waals surface area contributed by atoms with Crippen molar-refractivity contribution in [1.29, 1.82) is 0 Å². The molecule has 1 N–H and O–H groups in total. The summed E-state index contributed by atoms with van der Waals surface area (Å²) in [6, 6.07) is 4.68. The molecule has 1 unspecified atom stereocenters. The van der Waals surface area contributed by atoms with Gasteiger partial charge in [-0.25, -0.2) is 0 Å². The van der Waals surface area contributed by atoms with Crippen molar-refractivity contribution in [2.24, 2.45) is 0 Å². The average Bonchev–Trinajstić information content (AvgIpc) is 2.44. The fourth-order valence-corrected chi connectivity index (χ4v) is 3.33. The molecule has 1 saturated carbocycles. The van der Waals surface area contributed by atoms with E-state index in [0.29, 0.717) is 0 Å². The number of benzene rings is 1. The molecule has 1 fully saturated rings. The Morgan fingerprint density at radius 2 is 1.95 bits per heavy atom. The van der Waals surface area contributed by atoms with Crippen molar-refractivity contribution in [3.63, 3.8) is 0 Å². The van der Waals surface area contributed by atoms with Gasteiger partial charge in [-0.2, -0.15) is 0 Å². The van der Waals surface area contributed by atoms with Crippen molar-refractivity contribution < 1.29 is 9.47 Å². The summed E-state index contributed by atoms with van der Waals surface area (Å²) in [5.41, 5.74) is 3.82. The molecule has 118 valence electrons. The van der Waals surface area contributed by atoms with Crippen molar-refractivity contribution in [3.05, 3.63) is 28.8 Å². The Morgan fingerprint density at radius 1 is 1.24 bits per heavy atom. The average molecular weight is 291 g/mol. The van der Waals surface area contributed by atoms with E-state index in [9.17, 15) is 0 Å². The van der Waals surface area contributed by atoms with Crippen LogP contribution in [0.2, 0.25) is 0 Å². The van der Waals surface area contributed by atoms with E-state index in [-0.39, 0.29) is 11.6 Å². The Bertz CT molecular complexity index is 475. The maximum Gasteiger partial charge on any atom is 0.126 e. The molecule has 3 heteroatoms. The lowest BCUT2D eigenvalue weighted by Gasteiger charge is -2.43. The summed E-state index contributed by atoms with van der Waals surface area (Å²) in [5, 5.41) is 3.62. The van der Waals surface area contributed by atoms with Gasteiger partial charge in [-0.05, 0) is 57.2 Å². The second-order valence-corrected chi connectivity index (χ2v) is 6.19. The molecular weight excluding hydrogens is 262 g/mol. The minimum atomic E-state index is 0.0522. The molecule has 1 aromatic carbocycles. The number of ether oxygens (including phenoxy) is 2. The van der Waals surface area contributed by atoms with Gasteiger partial charge in [0.2, 0.25) is 0 Å². The lowest BCUT2D eigenvalue weighted by molar-refractivity contribution is -0.0838. The highest BCUT2D eigenvalue weighted by atomic mass is 16.5. The Balaban J connectivity index is 2.31. The summed E-state index contributed by atoms with van der Waals surface area (Å²) in [7, 11) is 3.61. The molecule has 1 aromatic rings. The molecule has 2 rings (SSSR count). The number of hydrogen-bond acceptors (Lipinski definition) is 3. The van der Waals surface area contributed by atoms with Gasteiger partial charge >= 0.3 is 0 Å². The smallest absolute Gasteiger partial charge is 0.126 e. The summed E-state index contributed by atoms with van der Waals surface area (Å²) < 4.78 is 11.5. The monoisotopic (exact) mass is 291 g/mol. The molecule has 0 heterocycles. The van der Waals surface area contributed by atoms with E-state index in [1.807, 2.05) is 7.11 Å². The van der Waals surface area contributed by atoms with Crippen LogP contribution in [0.25, 0.3) is 0 Å². The first kappa shape index (κ1) is 16.3. The van der Waals surface area contributed by atoms with E-state index in [4.69, 9.17) is 9.47 Å². The van der Waals surface area contributed by atoms with Crippen LogP contribution in [-0.2, 0) is 4.74 Å². The summed E-state index contributed by atoms with van der Waals surface area (Å²) in [6.45, 7) is 7.36. The highest BCUT2D eigenvalue weighted by Gasteiger charge is 2.39. The van der Waals surface area contributed by atoms with E-state index in [0.717, 1.165) is 18.7 Å². The maximum absolute atomic E-state index is 5.82. The standard InChI is InChI=1S/C18H29NO2/c1-6-19-16(12-18(21-5)10-7-11-18)15-9-8-13(2)14(3)17(15)20-4/h8-9,16,19H,6-7,10-12H2,1-5H3. The predicted octanol–water partition coefficient (Wildman–Crippen LogP) is 3.92. The van der Waals surface area contributed by atoms with Crippen molar-refractivity contribution in [2.75, 3.05) is 20.8 Å². The van der Waals surface area contributed by atoms with Crippen LogP contribution < -0.4 is 10.1 Å². The van der Waals surface area contributed by atoms with Gasteiger partial charge in [0.15, 0.2) is 0 Å². The minimum absolute atomic E-state index is 0.0522. The third-order valence-electron chi connectivity index (χ3n) is 5.01. The van der Waals surface area contributed by atoms with Crippen LogP contribution in [0.3, 0.4) is 0 Å². The van der Waals surface area contributed by atoms with E-state index in [2.05, 4.69) is 38.2 Å². The number of nitrogens with one attached hydrogen (secondary N) is 1. The summed E-state index contributed by atoms with van der Waals surface area (Å²) in [5.74, 6) is 1.02. The molecule has 21 heavy (non-hydrogen) atoms. The Kier molecular flexibility index (Phi) is 5.28. The Labute approximate surface area is 129 Å². The van der Waals surface area contributed by atoms with Gasteiger partial charge < -0.3 is 14.8 Å². The van der Waals surface area contributed by atoms with Gasteiger partial charge in [-0.1, -0.05) is 19.1 Å². The summed E-state index contributed by atoms with van der Waals surface area (Å²) in [4.78, 5) is 0. The van der Waals surface area contributed by atoms with Gasteiger partial charge in [-0.3, -0.25) is 0 Å². The van der Waals surface area contributed by atoms with E-state index in [1.54, 1.807) is 7.11 Å². The van der Waals surface area contributed by atoms with Crippen molar-refractivity contribution in [2.45, 2.75) is 58.1 Å². The number of methoxy groups -OCH3 is 2. The van der Waals surface area contributed by atoms with Crippen molar-refractivity contribution in [3.8, 4) is 5.75 Å². The molecule has 0 spiro atoms. The van der Waals surface area contributed by atoms with Crippen LogP contribution >= 0.6 is 0 Å². The topological polar surface area (TPSA) is 30.5 Å². The predicted molar refractivity (Wildman–Crippen MR) is 87.1 cm³/mol. The molecule has 0 amide bonds. The zero-order valence-corrected chi connectivity index (χ0v) is 14.1. The first-order valence-electron chi connectivity index (χ1n) is 7.99. The number of hydrogen-bond donors (Lipinski definition) is 1. The zero-order valence-electron chi connectivity index (χ0n) is 14.1. The molecule has 1 aliphatic carbocycles. The molecule has 0 radical (unpaired) electrons. The van der Waals surface area contributed by atoms with Crippen LogP contribution in [0.1, 0.15) is 55.3 Å². The minimum Gasteiger partial charge on any atom is -0.496 e. The molecule has 0 aliphatic heterocycles. The van der Waals surface area contributed by atoms with E-state index in [1.165, 1.54) is 36.0 Å². The maximum atomic E-state index is 5.82. The van der Waals surface area contributed by atoms with Gasteiger partial charge in [0.05, 0.1) is 12.7 Å². The second-order valence-electron chi connectivity index (χ2n) is 6.19. The van der Waals surface area contributed by atoms with Crippen LogP contribution in [0.4, 0.5) is 0 Å². The number of aryl methyl sites for hydroxylation is 1. The van der Waals surface area contributed by atoms with Gasteiger partial charge in [0.1, 0.15) is 5.75 Å². The quantitative estimate of drug-likeness (QED) is 0.826. The largest absolute Gasteiger partial charge is 0.496 e. The Morgan fingerprint density at radius 3 is 2.43 bits per heavy atom. The number of rotatable bonds is 7. The van der Waals surface area contributed by atoms with Crippen molar-refractivity contribution in [1.82, 2.24) is 5.32 Å². The normalized spacial score (nSPS) is 18.1. The highest BCUT2D eigenvalue weighted by molar-refractivity contribution is 5.47. The van der Waals surface area contributed by atoms with Crippen molar-refractivity contribution >= 4 is 0 Å². The van der Waals surface area contributed by atoms with E-state index >= 15 is 0 Å². The SMILES string of the molecule is CCNC(CC1(OC)CCC1)c1ccc(C)c(C)c1OC. The van der Waals surface area contributed by atoms with Crippen LogP contribution in [0, 0.1) is 13.8 Å². The first-order chi connectivity index (χ1) is 10.1. The van der Waals surface area contributed by atoms with Gasteiger partial charge in [0, 0.05) is 18.7 Å². The third-order valence-corrected chi connectivity index (χ3v) is 5.01. The fraction of sp³-hybridized carbons (Fsp3) is 0.667. The first-order valence-corrected chi connectivity index (χ1v) is 7.99. The van der Waals surface area contributed by atoms with Crippen LogP contribution in [-0.4, -0.2) is 26.4 Å². The van der Waals surface area contributed by atoms with Crippen LogP contribution in [0.5, 0.6) is 5.75 Å². The van der Waals surface area contributed by atoms with Crippen LogP contribution in [0.15, 0.2) is 12.1 Å². The molecule has 0 saturated heterocycles.